The highest BCUT2D eigenvalue weighted by Gasteiger charge is 2.16. The molecular formula is C21H22FNO. The van der Waals surface area contributed by atoms with E-state index in [1.165, 1.54) is 17.2 Å². The van der Waals surface area contributed by atoms with Crippen LogP contribution in [0.4, 0.5) is 4.39 Å². The van der Waals surface area contributed by atoms with E-state index >= 15 is 0 Å². The number of rotatable bonds is 3. The van der Waals surface area contributed by atoms with Gasteiger partial charge in [-0.2, -0.15) is 0 Å². The quantitative estimate of drug-likeness (QED) is 0.841. The highest BCUT2D eigenvalue weighted by atomic mass is 19.1. The van der Waals surface area contributed by atoms with E-state index in [1.807, 2.05) is 36.4 Å². The van der Waals surface area contributed by atoms with Gasteiger partial charge in [-0.1, -0.05) is 35.9 Å². The van der Waals surface area contributed by atoms with Crippen molar-refractivity contribution in [1.82, 2.24) is 5.32 Å². The molecule has 1 heterocycles. The van der Waals surface area contributed by atoms with Crippen molar-refractivity contribution in [2.45, 2.75) is 26.7 Å². The standard InChI is InChI=1S/C21H22FNO/c1-14-13-19(7-8-20(14)22)21(18-9-11-23-12-10-18)17-5-3-16(4-6-17)15(2)24/h3-8,13,23H,9-12H2,1-2H3. The minimum Gasteiger partial charge on any atom is -0.316 e. The number of aryl methyl sites for hydroxylation is 1. The van der Waals surface area contributed by atoms with Crippen LogP contribution >= 0.6 is 0 Å². The Balaban J connectivity index is 2.11. The van der Waals surface area contributed by atoms with E-state index < -0.39 is 0 Å². The molecule has 3 rings (SSSR count). The van der Waals surface area contributed by atoms with E-state index in [0.717, 1.165) is 37.1 Å². The van der Waals surface area contributed by atoms with Gasteiger partial charge in [0.1, 0.15) is 5.82 Å². The first-order chi connectivity index (χ1) is 11.6. The van der Waals surface area contributed by atoms with E-state index in [0.29, 0.717) is 11.1 Å². The normalized spacial score (nSPS) is 14.5. The lowest BCUT2D eigenvalue weighted by Crippen LogP contribution is -2.23. The molecule has 2 aromatic rings. The molecule has 0 aliphatic carbocycles. The molecule has 0 radical (unpaired) electrons. The number of nitrogens with one attached hydrogen (secondary N) is 1. The molecule has 2 aromatic carbocycles. The van der Waals surface area contributed by atoms with Crippen molar-refractivity contribution in [1.29, 1.82) is 0 Å². The van der Waals surface area contributed by atoms with Gasteiger partial charge in [0.05, 0.1) is 0 Å². The third-order valence-corrected chi connectivity index (χ3v) is 4.59. The summed E-state index contributed by atoms with van der Waals surface area (Å²) in [5, 5.41) is 3.38. The summed E-state index contributed by atoms with van der Waals surface area (Å²) in [7, 11) is 0. The number of carbonyl (C=O) groups is 1. The SMILES string of the molecule is CC(=O)c1ccc(C(=C2CCNCC2)c2ccc(F)c(C)c2)cc1. The number of carbonyl (C=O) groups excluding carboxylic acids is 1. The highest BCUT2D eigenvalue weighted by Crippen LogP contribution is 2.32. The number of hydrogen-bond acceptors (Lipinski definition) is 2. The predicted molar refractivity (Wildman–Crippen MR) is 95.7 cm³/mol. The predicted octanol–water partition coefficient (Wildman–Crippen LogP) is 4.52. The molecule has 3 heteroatoms. The van der Waals surface area contributed by atoms with Crippen LogP contribution in [0.2, 0.25) is 0 Å². The third-order valence-electron chi connectivity index (χ3n) is 4.59. The van der Waals surface area contributed by atoms with Crippen molar-refractivity contribution in [3.63, 3.8) is 0 Å². The highest BCUT2D eigenvalue weighted by molar-refractivity contribution is 5.94. The summed E-state index contributed by atoms with van der Waals surface area (Å²) < 4.78 is 13.7. The number of hydrogen-bond donors (Lipinski definition) is 1. The van der Waals surface area contributed by atoms with Crippen LogP contribution in [0.1, 0.15) is 46.8 Å². The second-order valence-corrected chi connectivity index (χ2v) is 6.33. The zero-order valence-corrected chi connectivity index (χ0v) is 14.2. The molecule has 0 aromatic heterocycles. The van der Waals surface area contributed by atoms with Crippen LogP contribution in [0.3, 0.4) is 0 Å². The molecule has 0 saturated carbocycles. The third kappa shape index (κ3) is 3.46. The number of ketones is 1. The Labute approximate surface area is 142 Å². The van der Waals surface area contributed by atoms with Gasteiger partial charge < -0.3 is 5.32 Å². The average Bonchev–Trinajstić information content (AvgIpc) is 2.60. The van der Waals surface area contributed by atoms with Gasteiger partial charge in [0.2, 0.25) is 0 Å². The lowest BCUT2D eigenvalue weighted by molar-refractivity contribution is 0.101. The lowest BCUT2D eigenvalue weighted by Gasteiger charge is -2.21. The summed E-state index contributed by atoms with van der Waals surface area (Å²) in [6, 6.07) is 13.0. The second-order valence-electron chi connectivity index (χ2n) is 6.33. The van der Waals surface area contributed by atoms with Crippen LogP contribution in [0.15, 0.2) is 48.0 Å². The molecule has 0 bridgehead atoms. The molecule has 0 amide bonds. The van der Waals surface area contributed by atoms with Crippen LogP contribution in [-0.4, -0.2) is 18.9 Å². The first-order valence-electron chi connectivity index (χ1n) is 8.37. The van der Waals surface area contributed by atoms with Gasteiger partial charge in [-0.25, -0.2) is 4.39 Å². The minimum atomic E-state index is -0.180. The van der Waals surface area contributed by atoms with E-state index in [2.05, 4.69) is 5.32 Å². The van der Waals surface area contributed by atoms with Gasteiger partial charge in [-0.3, -0.25) is 4.79 Å². The molecule has 0 spiro atoms. The lowest BCUT2D eigenvalue weighted by atomic mass is 9.88. The van der Waals surface area contributed by atoms with Crippen LogP contribution in [0.5, 0.6) is 0 Å². The van der Waals surface area contributed by atoms with Crippen molar-refractivity contribution >= 4 is 11.4 Å². The molecule has 1 fully saturated rings. The number of piperidine rings is 1. The molecule has 1 N–H and O–H groups in total. The molecule has 2 nitrogen and oxygen atoms in total. The number of benzene rings is 2. The summed E-state index contributed by atoms with van der Waals surface area (Å²) in [5.41, 5.74) is 6.05. The Kier molecular flexibility index (Phi) is 4.91. The monoisotopic (exact) mass is 323 g/mol. The minimum absolute atomic E-state index is 0.0650. The number of halogens is 1. The van der Waals surface area contributed by atoms with E-state index in [4.69, 9.17) is 0 Å². The average molecular weight is 323 g/mol. The van der Waals surface area contributed by atoms with Crippen molar-refractivity contribution in [3.05, 3.63) is 76.1 Å². The Hall–Kier alpha value is -2.26. The molecule has 1 saturated heterocycles. The molecule has 24 heavy (non-hydrogen) atoms. The second kappa shape index (κ2) is 7.10. The largest absolute Gasteiger partial charge is 0.316 e. The smallest absolute Gasteiger partial charge is 0.159 e. The topological polar surface area (TPSA) is 29.1 Å². The summed E-state index contributed by atoms with van der Waals surface area (Å²) in [6.45, 7) is 5.29. The molecule has 0 atom stereocenters. The first kappa shape index (κ1) is 16.6. The molecule has 1 aliphatic heterocycles. The summed E-state index contributed by atoms with van der Waals surface area (Å²) in [5.74, 6) is -0.115. The Morgan fingerprint density at radius 2 is 1.54 bits per heavy atom. The van der Waals surface area contributed by atoms with E-state index in [9.17, 15) is 9.18 Å². The van der Waals surface area contributed by atoms with E-state index in [-0.39, 0.29) is 11.6 Å². The van der Waals surface area contributed by atoms with Gasteiger partial charge in [-0.15, -0.1) is 0 Å². The Morgan fingerprint density at radius 3 is 2.12 bits per heavy atom. The van der Waals surface area contributed by atoms with Crippen LogP contribution in [0.25, 0.3) is 5.57 Å². The Morgan fingerprint density at radius 1 is 0.958 bits per heavy atom. The van der Waals surface area contributed by atoms with Crippen molar-refractivity contribution in [2.24, 2.45) is 0 Å². The van der Waals surface area contributed by atoms with Crippen LogP contribution in [0, 0.1) is 12.7 Å². The number of Topliss-reactive ketones (excluding diaryl/α,β-unsaturated/α-hetero) is 1. The van der Waals surface area contributed by atoms with Crippen LogP contribution in [-0.2, 0) is 0 Å². The fraction of sp³-hybridized carbons (Fsp3) is 0.286. The maximum Gasteiger partial charge on any atom is 0.159 e. The summed E-state index contributed by atoms with van der Waals surface area (Å²) in [4.78, 5) is 11.5. The maximum atomic E-state index is 13.7. The van der Waals surface area contributed by atoms with Crippen molar-refractivity contribution < 1.29 is 9.18 Å². The van der Waals surface area contributed by atoms with Crippen LogP contribution < -0.4 is 5.32 Å². The zero-order chi connectivity index (χ0) is 17.1. The van der Waals surface area contributed by atoms with Gasteiger partial charge in [0.15, 0.2) is 5.78 Å². The molecular weight excluding hydrogens is 301 g/mol. The van der Waals surface area contributed by atoms with Crippen molar-refractivity contribution in [3.8, 4) is 0 Å². The summed E-state index contributed by atoms with van der Waals surface area (Å²) in [6.07, 6.45) is 1.97. The summed E-state index contributed by atoms with van der Waals surface area (Å²) >= 11 is 0. The fourth-order valence-electron chi connectivity index (χ4n) is 3.23. The van der Waals surface area contributed by atoms with Gasteiger partial charge >= 0.3 is 0 Å². The first-order valence-corrected chi connectivity index (χ1v) is 8.37. The van der Waals surface area contributed by atoms with Gasteiger partial charge in [0, 0.05) is 5.56 Å². The zero-order valence-electron chi connectivity index (χ0n) is 14.2. The fourth-order valence-corrected chi connectivity index (χ4v) is 3.23. The molecule has 1 aliphatic rings. The molecule has 124 valence electrons. The maximum absolute atomic E-state index is 13.7. The van der Waals surface area contributed by atoms with Gasteiger partial charge in [-0.05, 0) is 74.2 Å². The Bertz CT molecular complexity index is 782. The van der Waals surface area contributed by atoms with Crippen molar-refractivity contribution in [2.75, 3.05) is 13.1 Å². The van der Waals surface area contributed by atoms with E-state index in [1.54, 1.807) is 13.8 Å². The van der Waals surface area contributed by atoms with Gasteiger partial charge in [0.25, 0.3) is 0 Å². The molecule has 0 unspecified atom stereocenters.